The number of hydrogen-bond acceptors (Lipinski definition) is 6. The Kier molecular flexibility index (Phi) is 7.82. The van der Waals surface area contributed by atoms with Gasteiger partial charge in [0.05, 0.1) is 33.7 Å². The molecule has 0 bridgehead atoms. The Balaban J connectivity index is 1.78. The number of nitrogens with one attached hydrogen (secondary N) is 2. The zero-order valence-electron chi connectivity index (χ0n) is 20.0. The van der Waals surface area contributed by atoms with Gasteiger partial charge in [0.1, 0.15) is 5.82 Å². The fourth-order valence-corrected chi connectivity index (χ4v) is 3.92. The van der Waals surface area contributed by atoms with Crippen LogP contribution in [-0.2, 0) is 22.3 Å². The quantitative estimate of drug-likeness (QED) is 0.146. The standard InChI is InChI=1S/C27H18ClF4N3O4/c1-14(36)38-13-16-12-34-26(39-16)15-9-10-18(24(33)17-5-2-3-8-21(17)29)22(11-15)35-25(37)23-19(27(30,31)32)6-4-7-20(23)28/h2-12,33H,13H2,1H3,(H,35,37). The van der Waals surface area contributed by atoms with Crippen molar-refractivity contribution >= 4 is 34.9 Å². The topological polar surface area (TPSA) is 105 Å². The molecule has 0 radical (unpaired) electrons. The molecule has 200 valence electrons. The lowest BCUT2D eigenvalue weighted by molar-refractivity contribution is -0.142. The van der Waals surface area contributed by atoms with Crippen molar-refractivity contribution in [2.24, 2.45) is 0 Å². The summed E-state index contributed by atoms with van der Waals surface area (Å²) in [4.78, 5) is 28.3. The van der Waals surface area contributed by atoms with E-state index in [2.05, 4.69) is 10.3 Å². The Morgan fingerprint density at radius 2 is 1.82 bits per heavy atom. The first-order valence-corrected chi connectivity index (χ1v) is 11.6. The molecule has 0 aliphatic rings. The Labute approximate surface area is 223 Å². The highest BCUT2D eigenvalue weighted by Gasteiger charge is 2.36. The van der Waals surface area contributed by atoms with Crippen LogP contribution in [0.4, 0.5) is 23.2 Å². The molecule has 0 atom stereocenters. The number of rotatable bonds is 7. The number of aromatic nitrogens is 1. The van der Waals surface area contributed by atoms with Gasteiger partial charge in [0.2, 0.25) is 5.89 Å². The maximum atomic E-state index is 14.5. The van der Waals surface area contributed by atoms with E-state index < -0.39 is 40.0 Å². The van der Waals surface area contributed by atoms with Crippen LogP contribution < -0.4 is 5.32 Å². The normalized spacial score (nSPS) is 11.2. The Bertz CT molecular complexity index is 1580. The molecular weight excluding hydrogens is 542 g/mol. The first-order chi connectivity index (χ1) is 18.5. The third-order valence-corrected chi connectivity index (χ3v) is 5.76. The van der Waals surface area contributed by atoms with Crippen molar-refractivity contribution < 1.29 is 36.3 Å². The van der Waals surface area contributed by atoms with Crippen LogP contribution >= 0.6 is 11.6 Å². The monoisotopic (exact) mass is 559 g/mol. The van der Waals surface area contributed by atoms with E-state index in [9.17, 15) is 27.2 Å². The zero-order valence-corrected chi connectivity index (χ0v) is 20.8. The second-order valence-electron chi connectivity index (χ2n) is 8.14. The van der Waals surface area contributed by atoms with Crippen LogP contribution in [0, 0.1) is 11.2 Å². The van der Waals surface area contributed by atoms with Crippen LogP contribution in [0.25, 0.3) is 11.5 Å². The zero-order chi connectivity index (χ0) is 28.3. The number of esters is 1. The molecule has 7 nitrogen and oxygen atoms in total. The third-order valence-electron chi connectivity index (χ3n) is 5.44. The summed E-state index contributed by atoms with van der Waals surface area (Å²) in [6.45, 7) is 1.04. The van der Waals surface area contributed by atoms with E-state index in [-0.39, 0.29) is 46.3 Å². The molecule has 4 aromatic rings. The van der Waals surface area contributed by atoms with Crippen LogP contribution in [0.5, 0.6) is 0 Å². The summed E-state index contributed by atoms with van der Waals surface area (Å²) in [5.74, 6) is -2.20. The Morgan fingerprint density at radius 3 is 2.51 bits per heavy atom. The van der Waals surface area contributed by atoms with Crippen molar-refractivity contribution in [1.82, 2.24) is 4.98 Å². The molecule has 2 N–H and O–H groups in total. The number of halogens is 5. The minimum atomic E-state index is -4.88. The number of anilines is 1. The largest absolute Gasteiger partial charge is 0.458 e. The summed E-state index contributed by atoms with van der Waals surface area (Å²) in [5, 5.41) is 10.5. The molecule has 3 aromatic carbocycles. The summed E-state index contributed by atoms with van der Waals surface area (Å²) in [7, 11) is 0. The molecule has 0 aliphatic heterocycles. The highest BCUT2D eigenvalue weighted by Crippen LogP contribution is 2.36. The minimum Gasteiger partial charge on any atom is -0.458 e. The van der Waals surface area contributed by atoms with Crippen molar-refractivity contribution in [3.8, 4) is 11.5 Å². The predicted octanol–water partition coefficient (Wildman–Crippen LogP) is 6.88. The summed E-state index contributed by atoms with van der Waals surface area (Å²) < 4.78 is 65.8. The van der Waals surface area contributed by atoms with Gasteiger partial charge in [0, 0.05) is 23.6 Å². The summed E-state index contributed by atoms with van der Waals surface area (Å²) in [6.07, 6.45) is -3.57. The fraction of sp³-hybridized carbons (Fsp3) is 0.111. The van der Waals surface area contributed by atoms with Gasteiger partial charge in [0.15, 0.2) is 12.4 Å². The summed E-state index contributed by atoms with van der Waals surface area (Å²) in [6, 6.07) is 12.5. The van der Waals surface area contributed by atoms with E-state index in [4.69, 9.17) is 26.2 Å². The lowest BCUT2D eigenvalue weighted by atomic mass is 9.98. The van der Waals surface area contributed by atoms with Crippen molar-refractivity contribution in [2.45, 2.75) is 19.7 Å². The second kappa shape index (κ2) is 11.1. The summed E-state index contributed by atoms with van der Waals surface area (Å²) >= 11 is 5.98. The molecule has 0 fully saturated rings. The highest BCUT2D eigenvalue weighted by atomic mass is 35.5. The number of ether oxygens (including phenoxy) is 1. The molecule has 0 spiro atoms. The van der Waals surface area contributed by atoms with Gasteiger partial charge in [0.25, 0.3) is 5.91 Å². The van der Waals surface area contributed by atoms with Crippen LogP contribution in [-0.4, -0.2) is 22.6 Å². The minimum absolute atomic E-state index is 0.00417. The highest BCUT2D eigenvalue weighted by molar-refractivity contribution is 6.34. The van der Waals surface area contributed by atoms with Crippen LogP contribution in [0.2, 0.25) is 5.02 Å². The molecule has 39 heavy (non-hydrogen) atoms. The van der Waals surface area contributed by atoms with E-state index in [1.54, 1.807) is 0 Å². The van der Waals surface area contributed by atoms with Crippen LogP contribution in [0.1, 0.15) is 39.7 Å². The first-order valence-electron chi connectivity index (χ1n) is 11.2. The Morgan fingerprint density at radius 1 is 1.08 bits per heavy atom. The molecule has 0 saturated carbocycles. The number of hydrogen-bond donors (Lipinski definition) is 2. The van der Waals surface area contributed by atoms with Crippen LogP contribution in [0.15, 0.2) is 71.3 Å². The number of benzene rings is 3. The lowest BCUT2D eigenvalue weighted by Crippen LogP contribution is -2.21. The van der Waals surface area contributed by atoms with E-state index in [1.807, 2.05) is 0 Å². The van der Waals surface area contributed by atoms with Crippen molar-refractivity contribution in [1.29, 1.82) is 5.41 Å². The molecule has 1 heterocycles. The van der Waals surface area contributed by atoms with Crippen molar-refractivity contribution in [3.05, 3.63) is 106 Å². The number of alkyl halides is 3. The maximum Gasteiger partial charge on any atom is 0.417 e. The van der Waals surface area contributed by atoms with Gasteiger partial charge in [-0.2, -0.15) is 13.2 Å². The molecule has 12 heteroatoms. The van der Waals surface area contributed by atoms with Gasteiger partial charge in [-0.05, 0) is 42.5 Å². The fourth-order valence-electron chi connectivity index (χ4n) is 3.66. The van der Waals surface area contributed by atoms with E-state index >= 15 is 0 Å². The van der Waals surface area contributed by atoms with Gasteiger partial charge in [-0.15, -0.1) is 0 Å². The van der Waals surface area contributed by atoms with Gasteiger partial charge < -0.3 is 14.5 Å². The molecule has 0 unspecified atom stereocenters. The maximum absolute atomic E-state index is 14.5. The van der Waals surface area contributed by atoms with E-state index in [1.165, 1.54) is 49.5 Å². The number of amides is 1. The first kappa shape index (κ1) is 27.5. The molecule has 1 amide bonds. The summed E-state index contributed by atoms with van der Waals surface area (Å²) in [5.41, 5.74) is -2.37. The van der Waals surface area contributed by atoms with Crippen molar-refractivity contribution in [2.75, 3.05) is 5.32 Å². The molecule has 0 aliphatic carbocycles. The molecular formula is C27H18ClF4N3O4. The second-order valence-corrected chi connectivity index (χ2v) is 8.55. The number of oxazole rings is 1. The number of nitrogens with zero attached hydrogens (tertiary/aromatic N) is 1. The molecule has 0 saturated heterocycles. The van der Waals surface area contributed by atoms with Gasteiger partial charge >= 0.3 is 12.1 Å². The average molecular weight is 560 g/mol. The van der Waals surface area contributed by atoms with E-state index in [0.717, 1.165) is 24.3 Å². The van der Waals surface area contributed by atoms with E-state index in [0.29, 0.717) is 0 Å². The molecule has 1 aromatic heterocycles. The van der Waals surface area contributed by atoms with Crippen molar-refractivity contribution in [3.63, 3.8) is 0 Å². The number of carbonyl (C=O) groups excluding carboxylic acids is 2. The third kappa shape index (κ3) is 6.15. The predicted molar refractivity (Wildman–Crippen MR) is 134 cm³/mol. The Hall–Kier alpha value is -4.51. The SMILES string of the molecule is CC(=O)OCc1cnc(-c2ccc(C(=N)c3ccccc3F)c(NC(=O)c3c(Cl)cccc3C(F)(F)F)c2)o1. The molecule has 4 rings (SSSR count). The number of carbonyl (C=O) groups is 2. The lowest BCUT2D eigenvalue weighted by Gasteiger charge is -2.17. The van der Waals surface area contributed by atoms with Gasteiger partial charge in [-0.1, -0.05) is 29.8 Å². The van der Waals surface area contributed by atoms with Crippen LogP contribution in [0.3, 0.4) is 0 Å². The van der Waals surface area contributed by atoms with Gasteiger partial charge in [-0.3, -0.25) is 15.0 Å². The average Bonchev–Trinajstić information content (AvgIpc) is 3.36. The smallest absolute Gasteiger partial charge is 0.417 e. The van der Waals surface area contributed by atoms with Gasteiger partial charge in [-0.25, -0.2) is 9.37 Å².